The van der Waals surface area contributed by atoms with E-state index in [0.29, 0.717) is 24.1 Å². The number of methoxy groups -OCH3 is 2. The molecule has 0 aliphatic rings. The average molecular weight is 390 g/mol. The van der Waals surface area contributed by atoms with Crippen molar-refractivity contribution >= 4 is 16.7 Å². The van der Waals surface area contributed by atoms with Gasteiger partial charge in [-0.15, -0.1) is 0 Å². The lowest BCUT2D eigenvalue weighted by Crippen LogP contribution is -2.06. The minimum absolute atomic E-state index is 0.495. The first-order valence-electron chi connectivity index (χ1n) is 9.25. The molecule has 0 amide bonds. The second-order valence-electron chi connectivity index (χ2n) is 6.70. The first kappa shape index (κ1) is 18.7. The summed E-state index contributed by atoms with van der Waals surface area (Å²) in [4.78, 5) is 9.25. The normalized spacial score (nSPS) is 10.9. The van der Waals surface area contributed by atoms with Crippen LogP contribution in [0.25, 0.3) is 22.3 Å². The lowest BCUT2D eigenvalue weighted by Gasteiger charge is -2.14. The Morgan fingerprint density at radius 3 is 2.59 bits per heavy atom. The molecule has 0 unspecified atom stereocenters. The Bertz CT molecular complexity index is 1170. The number of fused-ring (bicyclic) bond motifs is 1. The molecule has 4 rings (SSSR count). The summed E-state index contributed by atoms with van der Waals surface area (Å²) in [5.74, 6) is 3.21. The quantitative estimate of drug-likeness (QED) is 0.518. The molecular formula is C22H22N4O3. The van der Waals surface area contributed by atoms with Crippen LogP contribution in [0, 0.1) is 13.8 Å². The van der Waals surface area contributed by atoms with Crippen LogP contribution in [0.5, 0.6) is 11.5 Å². The van der Waals surface area contributed by atoms with Crippen molar-refractivity contribution in [2.24, 2.45) is 0 Å². The molecule has 0 fully saturated rings. The van der Waals surface area contributed by atoms with E-state index in [2.05, 4.69) is 15.5 Å². The van der Waals surface area contributed by atoms with Gasteiger partial charge in [0, 0.05) is 24.4 Å². The second kappa shape index (κ2) is 7.79. The van der Waals surface area contributed by atoms with Gasteiger partial charge in [0.1, 0.15) is 17.3 Å². The number of pyridine rings is 1. The number of nitrogens with one attached hydrogen (secondary N) is 1. The SMILES string of the molecule is COc1ccc(OC)c(CNc2nc3c(C)cccc3cc2-c2noc(C)n2)c1. The molecule has 0 bridgehead atoms. The Labute approximate surface area is 168 Å². The molecule has 2 aromatic carbocycles. The summed E-state index contributed by atoms with van der Waals surface area (Å²) in [6.45, 7) is 4.31. The fourth-order valence-electron chi connectivity index (χ4n) is 3.26. The lowest BCUT2D eigenvalue weighted by atomic mass is 10.1. The maximum absolute atomic E-state index is 5.49. The van der Waals surface area contributed by atoms with Crippen LogP contribution >= 0.6 is 0 Å². The molecule has 2 heterocycles. The van der Waals surface area contributed by atoms with Crippen LogP contribution in [0.2, 0.25) is 0 Å². The van der Waals surface area contributed by atoms with E-state index in [4.69, 9.17) is 19.0 Å². The van der Waals surface area contributed by atoms with Gasteiger partial charge in [-0.25, -0.2) is 4.98 Å². The minimum Gasteiger partial charge on any atom is -0.497 e. The van der Waals surface area contributed by atoms with Crippen LogP contribution in [0.15, 0.2) is 47.0 Å². The lowest BCUT2D eigenvalue weighted by molar-refractivity contribution is 0.394. The van der Waals surface area contributed by atoms with Gasteiger partial charge in [-0.3, -0.25) is 0 Å². The molecule has 0 saturated heterocycles. The molecular weight excluding hydrogens is 368 g/mol. The second-order valence-corrected chi connectivity index (χ2v) is 6.70. The number of ether oxygens (including phenoxy) is 2. The first-order valence-corrected chi connectivity index (χ1v) is 9.25. The Balaban J connectivity index is 1.77. The Kier molecular flexibility index (Phi) is 5.03. The van der Waals surface area contributed by atoms with Gasteiger partial charge in [0.25, 0.3) is 0 Å². The van der Waals surface area contributed by atoms with E-state index in [0.717, 1.165) is 39.1 Å². The maximum atomic E-state index is 5.49. The van der Waals surface area contributed by atoms with Gasteiger partial charge in [0.05, 0.1) is 25.3 Å². The van der Waals surface area contributed by atoms with Crippen LogP contribution in [0.3, 0.4) is 0 Å². The molecule has 29 heavy (non-hydrogen) atoms. The molecule has 0 aliphatic heterocycles. The van der Waals surface area contributed by atoms with Crippen LogP contribution in [-0.2, 0) is 6.54 Å². The van der Waals surface area contributed by atoms with Gasteiger partial charge in [0.2, 0.25) is 11.7 Å². The molecule has 0 atom stereocenters. The third kappa shape index (κ3) is 3.71. The Morgan fingerprint density at radius 2 is 1.86 bits per heavy atom. The zero-order valence-electron chi connectivity index (χ0n) is 16.8. The summed E-state index contributed by atoms with van der Waals surface area (Å²) in [5.41, 5.74) is 3.76. The summed E-state index contributed by atoms with van der Waals surface area (Å²) >= 11 is 0. The molecule has 1 N–H and O–H groups in total. The van der Waals surface area contributed by atoms with Gasteiger partial charge in [-0.2, -0.15) is 4.98 Å². The van der Waals surface area contributed by atoms with Gasteiger partial charge >= 0.3 is 0 Å². The van der Waals surface area contributed by atoms with Crippen LogP contribution in [0.1, 0.15) is 17.0 Å². The standard InChI is InChI=1S/C22H22N4O3/c1-13-6-5-7-15-11-18(22-24-14(2)29-26-22)21(25-20(13)15)23-12-16-10-17(27-3)8-9-19(16)28-4/h5-11H,12H2,1-4H3,(H,23,25). The highest BCUT2D eigenvalue weighted by molar-refractivity contribution is 5.89. The smallest absolute Gasteiger partial charge is 0.223 e. The third-order valence-corrected chi connectivity index (χ3v) is 4.75. The molecule has 2 aromatic heterocycles. The van der Waals surface area contributed by atoms with E-state index >= 15 is 0 Å². The highest BCUT2D eigenvalue weighted by atomic mass is 16.5. The molecule has 4 aromatic rings. The average Bonchev–Trinajstić information content (AvgIpc) is 3.18. The van der Waals surface area contributed by atoms with Gasteiger partial charge in [-0.05, 0) is 36.8 Å². The molecule has 7 heteroatoms. The predicted molar refractivity (Wildman–Crippen MR) is 111 cm³/mol. The highest BCUT2D eigenvalue weighted by Gasteiger charge is 2.16. The summed E-state index contributed by atoms with van der Waals surface area (Å²) in [7, 11) is 3.29. The predicted octanol–water partition coefficient (Wildman–Crippen LogP) is 4.53. The van der Waals surface area contributed by atoms with Crippen molar-refractivity contribution in [1.29, 1.82) is 0 Å². The summed E-state index contributed by atoms with van der Waals surface area (Å²) in [5, 5.41) is 8.52. The van der Waals surface area contributed by atoms with Crippen LogP contribution < -0.4 is 14.8 Å². The van der Waals surface area contributed by atoms with Crippen molar-refractivity contribution in [2.75, 3.05) is 19.5 Å². The third-order valence-electron chi connectivity index (χ3n) is 4.75. The number of hydrogen-bond donors (Lipinski definition) is 1. The summed E-state index contributed by atoms with van der Waals surface area (Å²) in [6, 6.07) is 13.8. The monoisotopic (exact) mass is 390 g/mol. The fourth-order valence-corrected chi connectivity index (χ4v) is 3.26. The van der Waals surface area contributed by atoms with Crippen molar-refractivity contribution in [3.8, 4) is 22.9 Å². The zero-order chi connectivity index (χ0) is 20.4. The van der Waals surface area contributed by atoms with Gasteiger partial charge in [0.15, 0.2) is 0 Å². The van der Waals surface area contributed by atoms with Crippen LogP contribution in [0.4, 0.5) is 5.82 Å². The molecule has 0 spiro atoms. The summed E-state index contributed by atoms with van der Waals surface area (Å²) in [6.07, 6.45) is 0. The Hall–Kier alpha value is -3.61. The number of para-hydroxylation sites is 1. The van der Waals surface area contributed by atoms with E-state index in [1.165, 1.54) is 0 Å². The molecule has 0 saturated carbocycles. The number of hydrogen-bond acceptors (Lipinski definition) is 7. The highest BCUT2D eigenvalue weighted by Crippen LogP contribution is 2.31. The van der Waals surface area contributed by atoms with E-state index in [9.17, 15) is 0 Å². The number of aromatic nitrogens is 3. The van der Waals surface area contributed by atoms with Gasteiger partial charge in [-0.1, -0.05) is 23.4 Å². The van der Waals surface area contributed by atoms with Crippen molar-refractivity contribution in [3.63, 3.8) is 0 Å². The largest absolute Gasteiger partial charge is 0.497 e. The molecule has 148 valence electrons. The number of nitrogens with zero attached hydrogens (tertiary/aromatic N) is 3. The minimum atomic E-state index is 0.495. The number of benzene rings is 2. The topological polar surface area (TPSA) is 82.3 Å². The first-order chi connectivity index (χ1) is 14.1. The van der Waals surface area contributed by atoms with Gasteiger partial charge < -0.3 is 19.3 Å². The van der Waals surface area contributed by atoms with Crippen molar-refractivity contribution in [3.05, 3.63) is 59.5 Å². The maximum Gasteiger partial charge on any atom is 0.223 e. The van der Waals surface area contributed by atoms with E-state index < -0.39 is 0 Å². The molecule has 0 radical (unpaired) electrons. The molecule has 0 aliphatic carbocycles. The van der Waals surface area contributed by atoms with E-state index in [1.807, 2.05) is 49.4 Å². The number of rotatable bonds is 6. The van der Waals surface area contributed by atoms with Crippen LogP contribution in [-0.4, -0.2) is 29.3 Å². The fraction of sp³-hybridized carbons (Fsp3) is 0.227. The van der Waals surface area contributed by atoms with Crippen molar-refractivity contribution < 1.29 is 14.0 Å². The molecule has 7 nitrogen and oxygen atoms in total. The summed E-state index contributed by atoms with van der Waals surface area (Å²) < 4.78 is 16.0. The van der Waals surface area contributed by atoms with Crippen molar-refractivity contribution in [1.82, 2.24) is 15.1 Å². The zero-order valence-corrected chi connectivity index (χ0v) is 16.8. The van der Waals surface area contributed by atoms with E-state index in [-0.39, 0.29) is 0 Å². The Morgan fingerprint density at radius 1 is 1.00 bits per heavy atom. The number of aryl methyl sites for hydroxylation is 2. The van der Waals surface area contributed by atoms with Crippen molar-refractivity contribution in [2.45, 2.75) is 20.4 Å². The number of anilines is 1. The van der Waals surface area contributed by atoms with E-state index in [1.54, 1.807) is 21.1 Å².